The van der Waals surface area contributed by atoms with Crippen LogP contribution in [0.15, 0.2) is 0 Å². The standard InChI is InChI=1S/C9H16N2O4.ClH/c1-9(2,10-8(13)14)7(12)11-3-5-15-6-4-11;/h10H,3-6H2,1-2H3,(H,13,14);1H. The van der Waals surface area contributed by atoms with E-state index in [2.05, 4.69) is 5.32 Å². The average molecular weight is 253 g/mol. The fourth-order valence-corrected chi connectivity index (χ4v) is 1.48. The summed E-state index contributed by atoms with van der Waals surface area (Å²) in [5, 5.41) is 10.8. The van der Waals surface area contributed by atoms with Crippen LogP contribution in [0.5, 0.6) is 0 Å². The van der Waals surface area contributed by atoms with E-state index in [4.69, 9.17) is 9.84 Å². The number of morpholine rings is 1. The molecule has 0 aliphatic carbocycles. The number of carbonyl (C=O) groups is 2. The normalized spacial score (nSPS) is 16.2. The van der Waals surface area contributed by atoms with Crippen molar-refractivity contribution >= 4 is 24.4 Å². The predicted molar refractivity (Wildman–Crippen MR) is 59.9 cm³/mol. The van der Waals surface area contributed by atoms with Gasteiger partial charge in [0.1, 0.15) is 5.54 Å². The molecule has 94 valence electrons. The van der Waals surface area contributed by atoms with Crippen LogP contribution in [-0.4, -0.2) is 53.8 Å². The third-order valence-corrected chi connectivity index (χ3v) is 2.25. The third kappa shape index (κ3) is 3.86. The van der Waals surface area contributed by atoms with Crippen LogP contribution in [0, 0.1) is 0 Å². The largest absolute Gasteiger partial charge is 0.465 e. The van der Waals surface area contributed by atoms with E-state index in [0.29, 0.717) is 26.3 Å². The van der Waals surface area contributed by atoms with Gasteiger partial charge in [-0.15, -0.1) is 12.4 Å². The first kappa shape index (κ1) is 15.0. The van der Waals surface area contributed by atoms with Gasteiger partial charge in [0.25, 0.3) is 0 Å². The minimum absolute atomic E-state index is 0. The minimum atomic E-state index is -1.19. The summed E-state index contributed by atoms with van der Waals surface area (Å²) < 4.78 is 5.11. The molecular weight excluding hydrogens is 236 g/mol. The lowest BCUT2D eigenvalue weighted by molar-refractivity contribution is -0.140. The minimum Gasteiger partial charge on any atom is -0.465 e. The monoisotopic (exact) mass is 252 g/mol. The lowest BCUT2D eigenvalue weighted by Crippen LogP contribution is -2.57. The molecule has 0 aromatic heterocycles. The second-order valence-corrected chi connectivity index (χ2v) is 3.96. The molecule has 0 aromatic rings. The summed E-state index contributed by atoms with van der Waals surface area (Å²) in [6.45, 7) is 5.16. The zero-order valence-electron chi connectivity index (χ0n) is 9.36. The third-order valence-electron chi connectivity index (χ3n) is 2.25. The number of hydrogen-bond acceptors (Lipinski definition) is 3. The van der Waals surface area contributed by atoms with Gasteiger partial charge < -0.3 is 20.1 Å². The Hall–Kier alpha value is -1.01. The Bertz CT molecular complexity index is 264. The van der Waals surface area contributed by atoms with Crippen LogP contribution in [0.1, 0.15) is 13.8 Å². The number of nitrogens with one attached hydrogen (secondary N) is 1. The zero-order valence-corrected chi connectivity index (χ0v) is 10.2. The van der Waals surface area contributed by atoms with Gasteiger partial charge >= 0.3 is 6.09 Å². The van der Waals surface area contributed by atoms with Gasteiger partial charge in [0.2, 0.25) is 5.91 Å². The van der Waals surface area contributed by atoms with E-state index < -0.39 is 11.6 Å². The van der Waals surface area contributed by atoms with E-state index in [9.17, 15) is 9.59 Å². The van der Waals surface area contributed by atoms with Crippen LogP contribution in [0.2, 0.25) is 0 Å². The molecule has 0 bridgehead atoms. The average Bonchev–Trinajstić information content (AvgIpc) is 2.16. The molecule has 0 atom stereocenters. The SMILES string of the molecule is CC(C)(NC(=O)O)C(=O)N1CCOCC1.Cl. The van der Waals surface area contributed by atoms with E-state index in [0.717, 1.165) is 0 Å². The quantitative estimate of drug-likeness (QED) is 0.742. The summed E-state index contributed by atoms with van der Waals surface area (Å²) in [6, 6.07) is 0. The number of carbonyl (C=O) groups excluding carboxylic acids is 1. The summed E-state index contributed by atoms with van der Waals surface area (Å²) in [7, 11) is 0. The van der Waals surface area contributed by atoms with Crippen LogP contribution < -0.4 is 5.32 Å². The van der Waals surface area contributed by atoms with Crippen molar-refractivity contribution in [1.29, 1.82) is 0 Å². The molecule has 0 saturated carbocycles. The van der Waals surface area contributed by atoms with Gasteiger partial charge in [-0.1, -0.05) is 0 Å². The maximum Gasteiger partial charge on any atom is 0.405 e. The number of amides is 2. The number of rotatable bonds is 2. The molecule has 1 aliphatic rings. The molecule has 7 heteroatoms. The van der Waals surface area contributed by atoms with Crippen molar-refractivity contribution in [2.75, 3.05) is 26.3 Å². The molecule has 6 nitrogen and oxygen atoms in total. The highest BCUT2D eigenvalue weighted by atomic mass is 35.5. The van der Waals surface area contributed by atoms with Crippen molar-refractivity contribution in [3.63, 3.8) is 0 Å². The van der Waals surface area contributed by atoms with Crippen LogP contribution in [0.4, 0.5) is 4.79 Å². The Morgan fingerprint density at radius 3 is 2.25 bits per heavy atom. The van der Waals surface area contributed by atoms with Crippen LogP contribution >= 0.6 is 12.4 Å². The van der Waals surface area contributed by atoms with Gasteiger partial charge in [-0.05, 0) is 13.8 Å². The van der Waals surface area contributed by atoms with E-state index in [-0.39, 0.29) is 18.3 Å². The molecule has 1 heterocycles. The summed E-state index contributed by atoms with van der Waals surface area (Å²) in [5.41, 5.74) is -1.08. The van der Waals surface area contributed by atoms with Gasteiger partial charge in [0.15, 0.2) is 0 Å². The molecule has 2 N–H and O–H groups in total. The van der Waals surface area contributed by atoms with Crippen molar-refractivity contribution in [2.45, 2.75) is 19.4 Å². The summed E-state index contributed by atoms with van der Waals surface area (Å²) in [6.07, 6.45) is -1.19. The fourth-order valence-electron chi connectivity index (χ4n) is 1.48. The molecule has 2 amide bonds. The van der Waals surface area contributed by atoms with Gasteiger partial charge in [0, 0.05) is 13.1 Å². The molecule has 1 rings (SSSR count). The topological polar surface area (TPSA) is 78.9 Å². The van der Waals surface area contributed by atoms with Gasteiger partial charge in [-0.25, -0.2) is 4.79 Å². The Morgan fingerprint density at radius 2 is 1.81 bits per heavy atom. The molecule has 0 spiro atoms. The van der Waals surface area contributed by atoms with E-state index in [1.807, 2.05) is 0 Å². The van der Waals surface area contributed by atoms with Crippen molar-refractivity contribution in [3.8, 4) is 0 Å². The van der Waals surface area contributed by atoms with Gasteiger partial charge in [0.05, 0.1) is 13.2 Å². The van der Waals surface area contributed by atoms with Crippen LogP contribution in [-0.2, 0) is 9.53 Å². The van der Waals surface area contributed by atoms with Crippen LogP contribution in [0.25, 0.3) is 0 Å². The number of carboxylic acid groups (broad SMARTS) is 1. The van der Waals surface area contributed by atoms with E-state index >= 15 is 0 Å². The van der Waals surface area contributed by atoms with Gasteiger partial charge in [-0.2, -0.15) is 0 Å². The van der Waals surface area contributed by atoms with Crippen molar-refractivity contribution < 1.29 is 19.4 Å². The summed E-state index contributed by atoms with van der Waals surface area (Å²) in [4.78, 5) is 24.0. The Kier molecular flexibility index (Phi) is 5.53. The summed E-state index contributed by atoms with van der Waals surface area (Å²) >= 11 is 0. The molecule has 16 heavy (non-hydrogen) atoms. The number of hydrogen-bond donors (Lipinski definition) is 2. The van der Waals surface area contributed by atoms with E-state index in [1.165, 1.54) is 0 Å². The molecule has 1 saturated heterocycles. The maximum atomic E-state index is 11.9. The Labute approximate surface area is 100 Å². The highest BCUT2D eigenvalue weighted by molar-refractivity contribution is 5.88. The Morgan fingerprint density at radius 1 is 1.31 bits per heavy atom. The lowest BCUT2D eigenvalue weighted by Gasteiger charge is -2.33. The van der Waals surface area contributed by atoms with E-state index in [1.54, 1.807) is 18.7 Å². The predicted octanol–water partition coefficient (Wildman–Crippen LogP) is 0.313. The molecule has 1 aliphatic heterocycles. The highest BCUT2D eigenvalue weighted by Crippen LogP contribution is 2.09. The molecular formula is C9H17ClN2O4. The molecule has 0 aromatic carbocycles. The fraction of sp³-hybridized carbons (Fsp3) is 0.778. The molecule has 0 unspecified atom stereocenters. The first-order valence-electron chi connectivity index (χ1n) is 4.82. The van der Waals surface area contributed by atoms with Crippen LogP contribution in [0.3, 0.4) is 0 Å². The van der Waals surface area contributed by atoms with Crippen molar-refractivity contribution in [2.24, 2.45) is 0 Å². The smallest absolute Gasteiger partial charge is 0.405 e. The lowest BCUT2D eigenvalue weighted by atomic mass is 10.0. The molecule has 0 radical (unpaired) electrons. The highest BCUT2D eigenvalue weighted by Gasteiger charge is 2.34. The first-order valence-corrected chi connectivity index (χ1v) is 4.82. The first-order chi connectivity index (χ1) is 6.93. The molecule has 1 fully saturated rings. The second kappa shape index (κ2) is 5.91. The maximum absolute atomic E-state index is 11.9. The van der Waals surface area contributed by atoms with Gasteiger partial charge in [-0.3, -0.25) is 4.79 Å². The number of nitrogens with zero attached hydrogens (tertiary/aromatic N) is 1. The van der Waals surface area contributed by atoms with Crippen molar-refractivity contribution in [3.05, 3.63) is 0 Å². The second-order valence-electron chi connectivity index (χ2n) is 3.96. The summed E-state index contributed by atoms with van der Waals surface area (Å²) in [5.74, 6) is -0.215. The van der Waals surface area contributed by atoms with Crippen molar-refractivity contribution in [1.82, 2.24) is 10.2 Å². The number of halogens is 1. The zero-order chi connectivity index (χ0) is 11.5. The number of ether oxygens (including phenoxy) is 1. The Balaban J connectivity index is 0.00000225.